The molecule has 18 heavy (non-hydrogen) atoms. The molecule has 1 aromatic carbocycles. The third-order valence-corrected chi connectivity index (χ3v) is 4.07. The van der Waals surface area contributed by atoms with E-state index in [9.17, 15) is 9.59 Å². The van der Waals surface area contributed by atoms with Crippen LogP contribution in [0.5, 0.6) is 0 Å². The van der Waals surface area contributed by atoms with E-state index in [4.69, 9.17) is 0 Å². The van der Waals surface area contributed by atoms with Crippen LogP contribution in [0, 0.1) is 0 Å². The van der Waals surface area contributed by atoms with Crippen LogP contribution in [0.25, 0.3) is 0 Å². The molecule has 1 fully saturated rings. The highest BCUT2D eigenvalue weighted by molar-refractivity contribution is 6.07. The van der Waals surface area contributed by atoms with E-state index in [1.165, 1.54) is 5.56 Å². The largest absolute Gasteiger partial charge is 0.325 e. The zero-order valence-corrected chi connectivity index (χ0v) is 10.4. The van der Waals surface area contributed by atoms with Crippen molar-refractivity contribution in [2.75, 3.05) is 6.54 Å². The Kier molecular flexibility index (Phi) is 2.40. The van der Waals surface area contributed by atoms with Crippen molar-refractivity contribution in [1.29, 1.82) is 0 Å². The predicted octanol–water partition coefficient (Wildman–Crippen LogP) is 1.79. The van der Waals surface area contributed by atoms with Gasteiger partial charge in [0.2, 0.25) is 0 Å². The van der Waals surface area contributed by atoms with Gasteiger partial charge in [-0.25, -0.2) is 4.79 Å². The van der Waals surface area contributed by atoms with Crippen molar-refractivity contribution in [2.45, 2.75) is 31.7 Å². The molecule has 0 radical (unpaired) electrons. The van der Waals surface area contributed by atoms with E-state index >= 15 is 0 Å². The van der Waals surface area contributed by atoms with Crippen LogP contribution in [0.15, 0.2) is 24.3 Å². The summed E-state index contributed by atoms with van der Waals surface area (Å²) in [5.41, 5.74) is 1.43. The minimum absolute atomic E-state index is 0.165. The molecule has 3 rings (SSSR count). The topological polar surface area (TPSA) is 49.4 Å². The first-order chi connectivity index (χ1) is 8.70. The Morgan fingerprint density at radius 2 is 2.11 bits per heavy atom. The summed E-state index contributed by atoms with van der Waals surface area (Å²) < 4.78 is 0. The molecule has 2 aliphatic rings. The van der Waals surface area contributed by atoms with Crippen LogP contribution in [0.2, 0.25) is 0 Å². The van der Waals surface area contributed by atoms with Crippen LogP contribution in [0.3, 0.4) is 0 Å². The minimum Gasteiger partial charge on any atom is -0.306 e. The fourth-order valence-electron chi connectivity index (χ4n) is 3.30. The number of imide groups is 1. The maximum Gasteiger partial charge on any atom is 0.325 e. The van der Waals surface area contributed by atoms with Crippen LogP contribution < -0.4 is 5.32 Å². The van der Waals surface area contributed by atoms with Crippen molar-refractivity contribution in [2.24, 2.45) is 0 Å². The molecule has 1 aliphatic carbocycles. The summed E-state index contributed by atoms with van der Waals surface area (Å²) in [6.45, 7) is 2.46. The average Bonchev–Trinajstić information content (AvgIpc) is 2.62. The summed E-state index contributed by atoms with van der Waals surface area (Å²) in [7, 11) is 0. The van der Waals surface area contributed by atoms with E-state index in [0.29, 0.717) is 6.54 Å². The van der Waals surface area contributed by atoms with Gasteiger partial charge in [0.25, 0.3) is 5.91 Å². The third kappa shape index (κ3) is 1.26. The Morgan fingerprint density at radius 3 is 2.89 bits per heavy atom. The molecule has 0 aromatic heterocycles. The molecule has 1 N–H and O–H groups in total. The van der Waals surface area contributed by atoms with Gasteiger partial charge in [-0.3, -0.25) is 10.1 Å². The Hall–Kier alpha value is -1.84. The van der Waals surface area contributed by atoms with E-state index in [-0.39, 0.29) is 11.9 Å². The molecule has 4 nitrogen and oxygen atoms in total. The summed E-state index contributed by atoms with van der Waals surface area (Å²) in [5, 5.41) is 2.47. The quantitative estimate of drug-likeness (QED) is 0.766. The van der Waals surface area contributed by atoms with Crippen molar-refractivity contribution < 1.29 is 9.59 Å². The van der Waals surface area contributed by atoms with Gasteiger partial charge in [-0.05, 0) is 37.3 Å². The van der Waals surface area contributed by atoms with Gasteiger partial charge in [0.1, 0.15) is 5.54 Å². The summed E-state index contributed by atoms with van der Waals surface area (Å²) in [6, 6.07) is 7.70. The number of aryl methyl sites for hydroxylation is 1. The van der Waals surface area contributed by atoms with Crippen LogP contribution in [0.1, 0.15) is 30.9 Å². The van der Waals surface area contributed by atoms with E-state index < -0.39 is 5.54 Å². The second-order valence-corrected chi connectivity index (χ2v) is 4.87. The van der Waals surface area contributed by atoms with Gasteiger partial charge in [-0.2, -0.15) is 0 Å². The van der Waals surface area contributed by atoms with Crippen LogP contribution in [-0.2, 0) is 16.8 Å². The smallest absolute Gasteiger partial charge is 0.306 e. The number of carbonyl (C=O) groups excluding carboxylic acids is 2. The van der Waals surface area contributed by atoms with Gasteiger partial charge < -0.3 is 4.90 Å². The van der Waals surface area contributed by atoms with E-state index in [0.717, 1.165) is 24.8 Å². The van der Waals surface area contributed by atoms with Gasteiger partial charge in [0, 0.05) is 6.54 Å². The zero-order chi connectivity index (χ0) is 12.8. The first kappa shape index (κ1) is 11.3. The standard InChI is InChI=1S/C14H16N2O2/c1-2-16-13(18)15-12(17)14(16)9-5-7-10-6-3-4-8-11(10)14/h3-4,6,8H,2,5,7,9H2,1H3,(H,15,17,18). The van der Waals surface area contributed by atoms with Crippen molar-refractivity contribution in [3.05, 3.63) is 35.4 Å². The maximum absolute atomic E-state index is 12.3. The lowest BCUT2D eigenvalue weighted by Gasteiger charge is -2.39. The number of likely N-dealkylation sites (N-methyl/N-ethyl adjacent to an activating group) is 1. The SMILES string of the molecule is CCN1C(=O)NC(=O)C12CCCc1ccccc12. The Labute approximate surface area is 106 Å². The van der Waals surface area contributed by atoms with Crippen molar-refractivity contribution in [3.8, 4) is 0 Å². The predicted molar refractivity (Wildman–Crippen MR) is 67.0 cm³/mol. The lowest BCUT2D eigenvalue weighted by Crippen LogP contribution is -2.49. The van der Waals surface area contributed by atoms with Crippen molar-refractivity contribution in [3.63, 3.8) is 0 Å². The molecule has 4 heteroatoms. The first-order valence-corrected chi connectivity index (χ1v) is 6.41. The minimum atomic E-state index is -0.763. The van der Waals surface area contributed by atoms with E-state index in [1.54, 1.807) is 4.90 Å². The number of carbonyl (C=O) groups is 2. The van der Waals surface area contributed by atoms with Gasteiger partial charge in [-0.15, -0.1) is 0 Å². The molecule has 0 saturated carbocycles. The van der Waals surface area contributed by atoms with Gasteiger partial charge >= 0.3 is 6.03 Å². The van der Waals surface area contributed by atoms with Gasteiger partial charge in [0.15, 0.2) is 0 Å². The number of rotatable bonds is 1. The maximum atomic E-state index is 12.3. The normalized spacial score (nSPS) is 26.4. The fourth-order valence-corrected chi connectivity index (χ4v) is 3.30. The monoisotopic (exact) mass is 244 g/mol. The number of nitrogens with one attached hydrogen (secondary N) is 1. The van der Waals surface area contributed by atoms with Crippen molar-refractivity contribution in [1.82, 2.24) is 10.2 Å². The molecule has 94 valence electrons. The molecule has 3 amide bonds. The molecular formula is C14H16N2O2. The number of fused-ring (bicyclic) bond motifs is 2. The Morgan fingerprint density at radius 1 is 1.33 bits per heavy atom. The summed E-state index contributed by atoms with van der Waals surface area (Å²) in [6.07, 6.45) is 2.64. The van der Waals surface area contributed by atoms with Gasteiger partial charge in [-0.1, -0.05) is 24.3 Å². The highest BCUT2D eigenvalue weighted by atomic mass is 16.2. The number of nitrogens with zero attached hydrogens (tertiary/aromatic N) is 1. The number of amides is 3. The number of benzene rings is 1. The molecule has 1 saturated heterocycles. The lowest BCUT2D eigenvalue weighted by atomic mass is 9.75. The van der Waals surface area contributed by atoms with Gasteiger partial charge in [0.05, 0.1) is 0 Å². The molecule has 1 aromatic rings. The van der Waals surface area contributed by atoms with E-state index in [2.05, 4.69) is 11.4 Å². The Bertz CT molecular complexity index is 526. The highest BCUT2D eigenvalue weighted by Gasteiger charge is 2.54. The molecule has 1 unspecified atom stereocenters. The van der Waals surface area contributed by atoms with Crippen molar-refractivity contribution >= 4 is 11.9 Å². The molecule has 0 bridgehead atoms. The summed E-state index contributed by atoms with van der Waals surface area (Å²) >= 11 is 0. The summed E-state index contributed by atoms with van der Waals surface area (Å²) in [5.74, 6) is -0.165. The summed E-state index contributed by atoms with van der Waals surface area (Å²) in [4.78, 5) is 25.9. The van der Waals surface area contributed by atoms with E-state index in [1.807, 2.05) is 25.1 Å². The molecule has 1 atom stereocenters. The molecule has 1 spiro atoms. The second-order valence-electron chi connectivity index (χ2n) is 4.87. The highest BCUT2D eigenvalue weighted by Crippen LogP contribution is 2.42. The number of hydrogen-bond donors (Lipinski definition) is 1. The van der Waals surface area contributed by atoms with Crippen LogP contribution in [-0.4, -0.2) is 23.4 Å². The molecular weight excluding hydrogens is 228 g/mol. The van der Waals surface area contributed by atoms with Crippen LogP contribution in [0.4, 0.5) is 4.79 Å². The number of urea groups is 1. The molecule has 1 aliphatic heterocycles. The molecule has 1 heterocycles. The number of hydrogen-bond acceptors (Lipinski definition) is 2. The third-order valence-electron chi connectivity index (χ3n) is 4.07. The zero-order valence-electron chi connectivity index (χ0n) is 10.4. The second kappa shape index (κ2) is 3.83. The average molecular weight is 244 g/mol. The lowest BCUT2D eigenvalue weighted by molar-refractivity contribution is -0.127. The Balaban J connectivity index is 2.21. The first-order valence-electron chi connectivity index (χ1n) is 6.41. The van der Waals surface area contributed by atoms with Crippen LogP contribution >= 0.6 is 0 Å². The fraction of sp³-hybridized carbons (Fsp3) is 0.429.